The van der Waals surface area contributed by atoms with Gasteiger partial charge in [-0.15, -0.1) is 0 Å². The van der Waals surface area contributed by atoms with E-state index in [0.717, 1.165) is 28.8 Å². The first-order valence-corrected chi connectivity index (χ1v) is 9.27. The van der Waals surface area contributed by atoms with Crippen LogP contribution in [0.4, 0.5) is 11.4 Å². The minimum absolute atomic E-state index is 0.0474. The van der Waals surface area contributed by atoms with Crippen molar-refractivity contribution in [2.24, 2.45) is 0 Å². The molecule has 0 atom stereocenters. The molecule has 2 N–H and O–H groups in total. The lowest BCUT2D eigenvalue weighted by atomic mass is 10.1. The van der Waals surface area contributed by atoms with Gasteiger partial charge in [0.1, 0.15) is 0 Å². The minimum Gasteiger partial charge on any atom is -0.325 e. The smallest absolute Gasteiger partial charge is 0.257 e. The number of anilines is 2. The van der Waals surface area contributed by atoms with E-state index < -0.39 is 0 Å². The highest BCUT2D eigenvalue weighted by Crippen LogP contribution is 2.20. The van der Waals surface area contributed by atoms with Gasteiger partial charge in [-0.3, -0.25) is 19.5 Å². The summed E-state index contributed by atoms with van der Waals surface area (Å²) in [6.45, 7) is 7.97. The van der Waals surface area contributed by atoms with E-state index in [1.54, 1.807) is 24.4 Å². The number of likely N-dealkylation sites (N-methyl/N-ethyl adjacent to an activating group) is 1. The van der Waals surface area contributed by atoms with Gasteiger partial charge in [0.25, 0.3) is 5.91 Å². The summed E-state index contributed by atoms with van der Waals surface area (Å²) in [6, 6.07) is 7.10. The molecule has 0 aliphatic rings. The van der Waals surface area contributed by atoms with Crippen LogP contribution in [0.25, 0.3) is 0 Å². The number of aryl methyl sites for hydroxylation is 1. The zero-order valence-corrected chi connectivity index (χ0v) is 16.8. The highest BCUT2D eigenvalue weighted by molar-refractivity contribution is 9.10. The lowest BCUT2D eigenvalue weighted by Gasteiger charge is -2.18. The number of rotatable bonds is 7. The predicted molar refractivity (Wildman–Crippen MR) is 107 cm³/mol. The van der Waals surface area contributed by atoms with Crippen molar-refractivity contribution < 1.29 is 9.59 Å². The second-order valence-corrected chi connectivity index (χ2v) is 6.80. The van der Waals surface area contributed by atoms with E-state index in [1.807, 2.05) is 31.7 Å². The highest BCUT2D eigenvalue weighted by atomic mass is 79.9. The predicted octanol–water partition coefficient (Wildman–Crippen LogP) is 3.69. The Morgan fingerprint density at radius 3 is 2.46 bits per heavy atom. The molecule has 138 valence electrons. The molecule has 2 amide bonds. The molecule has 1 aromatic heterocycles. The van der Waals surface area contributed by atoms with Gasteiger partial charge in [0.15, 0.2) is 0 Å². The maximum atomic E-state index is 12.3. The van der Waals surface area contributed by atoms with Gasteiger partial charge in [0, 0.05) is 28.2 Å². The molecule has 1 heterocycles. The first-order valence-electron chi connectivity index (χ1n) is 8.47. The van der Waals surface area contributed by atoms with Crippen molar-refractivity contribution in [1.82, 2.24) is 9.88 Å². The average Bonchev–Trinajstić information content (AvgIpc) is 2.62. The van der Waals surface area contributed by atoms with E-state index in [1.165, 1.54) is 6.20 Å². The van der Waals surface area contributed by atoms with Gasteiger partial charge in [-0.2, -0.15) is 0 Å². The molecule has 26 heavy (non-hydrogen) atoms. The van der Waals surface area contributed by atoms with E-state index in [9.17, 15) is 9.59 Å². The molecule has 2 rings (SSSR count). The van der Waals surface area contributed by atoms with Crippen LogP contribution < -0.4 is 10.6 Å². The van der Waals surface area contributed by atoms with Gasteiger partial charge < -0.3 is 10.6 Å². The average molecular weight is 419 g/mol. The lowest BCUT2D eigenvalue weighted by Crippen LogP contribution is -2.33. The molecule has 0 fully saturated rings. The van der Waals surface area contributed by atoms with Gasteiger partial charge in [-0.05, 0) is 65.8 Å². The molecule has 0 unspecified atom stereocenters. The molecule has 6 nitrogen and oxygen atoms in total. The zero-order valence-electron chi connectivity index (χ0n) is 15.2. The Balaban J connectivity index is 2.02. The van der Waals surface area contributed by atoms with Crippen LogP contribution >= 0.6 is 15.9 Å². The SMILES string of the molecule is CCN(CC)CC(=O)Nc1ccc(NC(=O)c2cncc(Br)c2)cc1C. The Bertz CT molecular complexity index is 791. The summed E-state index contributed by atoms with van der Waals surface area (Å²) in [5, 5.41) is 5.76. The quantitative estimate of drug-likeness (QED) is 0.718. The molecule has 1 aromatic carbocycles. The van der Waals surface area contributed by atoms with Crippen molar-refractivity contribution in [2.75, 3.05) is 30.3 Å². The summed E-state index contributed by atoms with van der Waals surface area (Å²) in [5.74, 6) is -0.287. The summed E-state index contributed by atoms with van der Waals surface area (Å²) in [4.78, 5) is 30.5. The summed E-state index contributed by atoms with van der Waals surface area (Å²) in [5.41, 5.74) is 2.75. The molecular weight excluding hydrogens is 396 g/mol. The first kappa shape index (κ1) is 20.1. The number of aromatic nitrogens is 1. The van der Waals surface area contributed by atoms with Crippen LogP contribution in [0, 0.1) is 6.92 Å². The van der Waals surface area contributed by atoms with Crippen LogP contribution in [0.3, 0.4) is 0 Å². The molecule has 7 heteroatoms. The van der Waals surface area contributed by atoms with Gasteiger partial charge >= 0.3 is 0 Å². The number of nitrogens with zero attached hydrogens (tertiary/aromatic N) is 2. The Kier molecular flexibility index (Phi) is 7.29. The third-order valence-corrected chi connectivity index (χ3v) is 4.42. The maximum absolute atomic E-state index is 12.3. The molecule has 0 bridgehead atoms. The van der Waals surface area contributed by atoms with E-state index in [-0.39, 0.29) is 11.8 Å². The van der Waals surface area contributed by atoms with Crippen molar-refractivity contribution in [3.8, 4) is 0 Å². The highest BCUT2D eigenvalue weighted by Gasteiger charge is 2.11. The fourth-order valence-corrected chi connectivity index (χ4v) is 2.83. The third-order valence-electron chi connectivity index (χ3n) is 3.99. The number of halogens is 1. The molecule has 0 saturated carbocycles. The molecule has 0 aliphatic heterocycles. The molecular formula is C19H23BrN4O2. The van der Waals surface area contributed by atoms with Crippen LogP contribution in [-0.4, -0.2) is 41.3 Å². The van der Waals surface area contributed by atoms with Gasteiger partial charge in [0.2, 0.25) is 5.91 Å². The first-order chi connectivity index (χ1) is 12.4. The number of benzene rings is 1. The fraction of sp³-hybridized carbons (Fsp3) is 0.316. The number of nitrogens with one attached hydrogen (secondary N) is 2. The van der Waals surface area contributed by atoms with E-state index in [2.05, 4.69) is 31.5 Å². The third kappa shape index (κ3) is 5.64. The second kappa shape index (κ2) is 9.45. The Morgan fingerprint density at radius 2 is 1.85 bits per heavy atom. The normalized spacial score (nSPS) is 10.7. The van der Waals surface area contributed by atoms with Gasteiger partial charge in [0.05, 0.1) is 12.1 Å². The number of pyridine rings is 1. The van der Waals surface area contributed by atoms with Crippen molar-refractivity contribution in [3.05, 3.63) is 52.3 Å². The Morgan fingerprint density at radius 1 is 1.12 bits per heavy atom. The minimum atomic E-state index is -0.239. The Hall–Kier alpha value is -2.25. The van der Waals surface area contributed by atoms with Crippen LogP contribution in [0.1, 0.15) is 29.8 Å². The van der Waals surface area contributed by atoms with E-state index in [0.29, 0.717) is 17.8 Å². The van der Waals surface area contributed by atoms with Crippen molar-refractivity contribution in [3.63, 3.8) is 0 Å². The molecule has 0 saturated heterocycles. The van der Waals surface area contributed by atoms with Crippen molar-refractivity contribution >= 4 is 39.1 Å². The van der Waals surface area contributed by atoms with Crippen molar-refractivity contribution in [2.45, 2.75) is 20.8 Å². The monoisotopic (exact) mass is 418 g/mol. The standard InChI is InChI=1S/C19H23BrN4O2/c1-4-24(5-2)12-18(25)23-17-7-6-16(8-13(17)3)22-19(26)14-9-15(20)11-21-10-14/h6-11H,4-5,12H2,1-3H3,(H,22,26)(H,23,25). The van der Waals surface area contributed by atoms with Gasteiger partial charge in [-0.25, -0.2) is 0 Å². The number of hydrogen-bond donors (Lipinski definition) is 2. The largest absolute Gasteiger partial charge is 0.325 e. The maximum Gasteiger partial charge on any atom is 0.257 e. The number of carbonyl (C=O) groups is 2. The number of amides is 2. The zero-order chi connectivity index (χ0) is 19.1. The van der Waals surface area contributed by atoms with Gasteiger partial charge in [-0.1, -0.05) is 13.8 Å². The van der Waals surface area contributed by atoms with Crippen LogP contribution in [0.5, 0.6) is 0 Å². The number of hydrogen-bond acceptors (Lipinski definition) is 4. The summed E-state index contributed by atoms with van der Waals surface area (Å²) < 4.78 is 0.743. The summed E-state index contributed by atoms with van der Waals surface area (Å²) >= 11 is 3.30. The topological polar surface area (TPSA) is 74.3 Å². The van der Waals surface area contributed by atoms with Crippen LogP contribution in [0.2, 0.25) is 0 Å². The number of carbonyl (C=O) groups excluding carboxylic acids is 2. The van der Waals surface area contributed by atoms with E-state index in [4.69, 9.17) is 0 Å². The van der Waals surface area contributed by atoms with E-state index >= 15 is 0 Å². The van der Waals surface area contributed by atoms with Crippen LogP contribution in [0.15, 0.2) is 41.1 Å². The Labute approximate surface area is 162 Å². The molecule has 0 aliphatic carbocycles. The summed E-state index contributed by atoms with van der Waals surface area (Å²) in [6.07, 6.45) is 3.13. The summed E-state index contributed by atoms with van der Waals surface area (Å²) in [7, 11) is 0. The van der Waals surface area contributed by atoms with Crippen LogP contribution in [-0.2, 0) is 4.79 Å². The fourth-order valence-electron chi connectivity index (χ4n) is 2.46. The van der Waals surface area contributed by atoms with Crippen molar-refractivity contribution in [1.29, 1.82) is 0 Å². The molecule has 0 spiro atoms. The molecule has 0 radical (unpaired) electrons. The molecule has 2 aromatic rings. The second-order valence-electron chi connectivity index (χ2n) is 5.89. The lowest BCUT2D eigenvalue weighted by molar-refractivity contribution is -0.117.